The molecule has 3 nitrogen and oxygen atoms in total. The largest absolute Gasteiger partial charge is 0.373 e. The molecule has 0 aromatic heterocycles. The van der Waals surface area contributed by atoms with E-state index >= 15 is 0 Å². The molecule has 1 saturated heterocycles. The number of hydrogen-bond acceptors (Lipinski definition) is 3. The Morgan fingerprint density at radius 1 is 1.24 bits per heavy atom. The van der Waals surface area contributed by atoms with Crippen molar-refractivity contribution in [3.05, 3.63) is 0 Å². The highest BCUT2D eigenvalue weighted by molar-refractivity contribution is 4.95. The highest BCUT2D eigenvalue weighted by Crippen LogP contribution is 2.40. The Kier molecular flexibility index (Phi) is 3.81. The highest BCUT2D eigenvalue weighted by Gasteiger charge is 2.40. The third kappa shape index (κ3) is 3.01. The summed E-state index contributed by atoms with van der Waals surface area (Å²) in [4.78, 5) is 2.55. The van der Waals surface area contributed by atoms with Crippen molar-refractivity contribution in [2.24, 2.45) is 17.1 Å². The summed E-state index contributed by atoms with van der Waals surface area (Å²) in [6.07, 6.45) is 3.29. The molecule has 1 aliphatic carbocycles. The fraction of sp³-hybridized carbons (Fsp3) is 1.00. The quantitative estimate of drug-likeness (QED) is 0.800. The van der Waals surface area contributed by atoms with Crippen LogP contribution in [0, 0.1) is 11.3 Å². The summed E-state index contributed by atoms with van der Waals surface area (Å²) in [5, 5.41) is 0. The van der Waals surface area contributed by atoms with Gasteiger partial charge in [0.2, 0.25) is 0 Å². The van der Waals surface area contributed by atoms with E-state index in [0.717, 1.165) is 19.6 Å². The first-order valence-corrected chi connectivity index (χ1v) is 7.02. The van der Waals surface area contributed by atoms with Gasteiger partial charge in [-0.05, 0) is 38.0 Å². The molecule has 0 bridgehead atoms. The van der Waals surface area contributed by atoms with Crippen LogP contribution in [0.25, 0.3) is 0 Å². The van der Waals surface area contributed by atoms with Gasteiger partial charge in [0.1, 0.15) is 0 Å². The maximum atomic E-state index is 6.39. The van der Waals surface area contributed by atoms with Crippen LogP contribution in [0.15, 0.2) is 0 Å². The molecule has 2 rings (SSSR count). The minimum absolute atomic E-state index is 0.328. The molecule has 2 fully saturated rings. The third-order valence-corrected chi connectivity index (χ3v) is 4.56. The van der Waals surface area contributed by atoms with Crippen LogP contribution in [0.4, 0.5) is 0 Å². The van der Waals surface area contributed by atoms with Crippen LogP contribution in [-0.4, -0.2) is 42.8 Å². The van der Waals surface area contributed by atoms with Crippen molar-refractivity contribution in [1.29, 1.82) is 0 Å². The second kappa shape index (κ2) is 4.87. The van der Waals surface area contributed by atoms with Crippen molar-refractivity contribution in [2.75, 3.05) is 19.6 Å². The zero-order valence-electron chi connectivity index (χ0n) is 11.8. The molecule has 0 aromatic rings. The van der Waals surface area contributed by atoms with Crippen LogP contribution >= 0.6 is 0 Å². The van der Waals surface area contributed by atoms with Crippen LogP contribution in [0.3, 0.4) is 0 Å². The Balaban J connectivity index is 1.89. The van der Waals surface area contributed by atoms with Crippen molar-refractivity contribution in [3.63, 3.8) is 0 Å². The lowest BCUT2D eigenvalue weighted by Gasteiger charge is -2.38. The Morgan fingerprint density at radius 2 is 1.82 bits per heavy atom. The number of ether oxygens (including phenoxy) is 1. The van der Waals surface area contributed by atoms with Gasteiger partial charge < -0.3 is 10.5 Å². The molecular weight excluding hydrogens is 212 g/mol. The molecular formula is C14H28N2O. The molecule has 1 saturated carbocycles. The predicted octanol–water partition coefficient (Wildman–Crippen LogP) is 1.86. The normalized spacial score (nSPS) is 42.9. The Bertz CT molecular complexity index is 257. The van der Waals surface area contributed by atoms with E-state index in [1.807, 2.05) is 0 Å². The van der Waals surface area contributed by atoms with Crippen molar-refractivity contribution >= 4 is 0 Å². The van der Waals surface area contributed by atoms with Crippen molar-refractivity contribution < 1.29 is 4.74 Å². The minimum Gasteiger partial charge on any atom is -0.373 e. The maximum absolute atomic E-state index is 6.39. The number of nitrogens with two attached hydrogens (primary N) is 1. The van der Waals surface area contributed by atoms with E-state index in [1.54, 1.807) is 0 Å². The summed E-state index contributed by atoms with van der Waals surface area (Å²) in [7, 11) is 0. The smallest absolute Gasteiger partial charge is 0.0678 e. The Labute approximate surface area is 106 Å². The Morgan fingerprint density at radius 3 is 2.29 bits per heavy atom. The number of hydrogen-bond donors (Lipinski definition) is 1. The van der Waals surface area contributed by atoms with Crippen LogP contribution in [0.5, 0.6) is 0 Å². The van der Waals surface area contributed by atoms with Gasteiger partial charge in [0.25, 0.3) is 0 Å². The lowest BCUT2D eigenvalue weighted by molar-refractivity contribution is -0.0719. The van der Waals surface area contributed by atoms with E-state index < -0.39 is 0 Å². The summed E-state index contributed by atoms with van der Waals surface area (Å²) < 4.78 is 5.78. The topological polar surface area (TPSA) is 38.5 Å². The Hall–Kier alpha value is -0.120. The fourth-order valence-electron chi connectivity index (χ4n) is 3.51. The SMILES string of the molecule is CC1CN(CC2CCC(C)(C)C2N)CC(C)O1. The summed E-state index contributed by atoms with van der Waals surface area (Å²) in [5.74, 6) is 0.669. The molecule has 0 radical (unpaired) electrons. The molecule has 0 aromatic carbocycles. The van der Waals surface area contributed by atoms with E-state index in [9.17, 15) is 0 Å². The van der Waals surface area contributed by atoms with Crippen LogP contribution < -0.4 is 5.73 Å². The van der Waals surface area contributed by atoms with Crippen LogP contribution in [0.2, 0.25) is 0 Å². The van der Waals surface area contributed by atoms with Gasteiger partial charge >= 0.3 is 0 Å². The molecule has 100 valence electrons. The first-order valence-electron chi connectivity index (χ1n) is 7.02. The summed E-state index contributed by atoms with van der Waals surface area (Å²) in [5.41, 5.74) is 6.71. The van der Waals surface area contributed by atoms with Gasteiger partial charge in [0.05, 0.1) is 12.2 Å². The maximum Gasteiger partial charge on any atom is 0.0678 e. The van der Waals surface area contributed by atoms with Gasteiger partial charge in [-0.15, -0.1) is 0 Å². The fourth-order valence-corrected chi connectivity index (χ4v) is 3.51. The second-order valence-corrected chi connectivity index (χ2v) is 6.79. The van der Waals surface area contributed by atoms with Gasteiger partial charge in [0, 0.05) is 25.7 Å². The molecule has 0 spiro atoms. The van der Waals surface area contributed by atoms with E-state index in [2.05, 4.69) is 32.6 Å². The predicted molar refractivity (Wildman–Crippen MR) is 70.9 cm³/mol. The lowest BCUT2D eigenvalue weighted by atomic mass is 9.85. The second-order valence-electron chi connectivity index (χ2n) is 6.79. The first-order chi connectivity index (χ1) is 7.88. The molecule has 0 amide bonds. The molecule has 4 unspecified atom stereocenters. The molecule has 17 heavy (non-hydrogen) atoms. The average molecular weight is 240 g/mol. The molecule has 2 N–H and O–H groups in total. The molecule has 4 atom stereocenters. The van der Waals surface area contributed by atoms with Gasteiger partial charge in [-0.1, -0.05) is 13.8 Å². The lowest BCUT2D eigenvalue weighted by Crippen LogP contribution is -2.49. The summed E-state index contributed by atoms with van der Waals surface area (Å²) >= 11 is 0. The number of rotatable bonds is 2. The molecule has 1 aliphatic heterocycles. The number of morpholine rings is 1. The summed E-state index contributed by atoms with van der Waals surface area (Å²) in [6, 6.07) is 0.357. The number of nitrogens with zero attached hydrogens (tertiary/aromatic N) is 1. The van der Waals surface area contributed by atoms with Gasteiger partial charge in [-0.3, -0.25) is 4.90 Å². The van der Waals surface area contributed by atoms with E-state index in [0.29, 0.717) is 29.6 Å². The van der Waals surface area contributed by atoms with Crippen LogP contribution in [-0.2, 0) is 4.74 Å². The van der Waals surface area contributed by atoms with Crippen LogP contribution in [0.1, 0.15) is 40.5 Å². The third-order valence-electron chi connectivity index (χ3n) is 4.56. The van der Waals surface area contributed by atoms with E-state index in [4.69, 9.17) is 10.5 Å². The van der Waals surface area contributed by atoms with E-state index in [1.165, 1.54) is 12.8 Å². The molecule has 1 heterocycles. The molecule has 2 aliphatic rings. The zero-order valence-corrected chi connectivity index (χ0v) is 11.8. The molecule has 3 heteroatoms. The average Bonchev–Trinajstić information content (AvgIpc) is 2.44. The first kappa shape index (κ1) is 13.3. The van der Waals surface area contributed by atoms with Crippen molar-refractivity contribution in [1.82, 2.24) is 4.90 Å². The van der Waals surface area contributed by atoms with Gasteiger partial charge in [0.15, 0.2) is 0 Å². The van der Waals surface area contributed by atoms with Gasteiger partial charge in [-0.25, -0.2) is 0 Å². The minimum atomic E-state index is 0.328. The standard InChI is InChI=1S/C14H28N2O/c1-10-7-16(8-11(2)17-10)9-12-5-6-14(3,4)13(12)15/h10-13H,5-9,15H2,1-4H3. The van der Waals surface area contributed by atoms with Crippen molar-refractivity contribution in [3.8, 4) is 0 Å². The monoisotopic (exact) mass is 240 g/mol. The van der Waals surface area contributed by atoms with E-state index in [-0.39, 0.29) is 0 Å². The summed E-state index contributed by atoms with van der Waals surface area (Å²) in [6.45, 7) is 12.2. The van der Waals surface area contributed by atoms with Gasteiger partial charge in [-0.2, -0.15) is 0 Å². The highest BCUT2D eigenvalue weighted by atomic mass is 16.5. The van der Waals surface area contributed by atoms with Crippen molar-refractivity contribution in [2.45, 2.75) is 58.8 Å². The zero-order chi connectivity index (χ0) is 12.6.